The molecule has 37 heavy (non-hydrogen) atoms. The Morgan fingerprint density at radius 1 is 0.784 bits per heavy atom. The molecule has 0 aliphatic carbocycles. The fraction of sp³-hybridized carbons (Fsp3) is 0.320. The van der Waals surface area contributed by atoms with Crippen molar-refractivity contribution in [2.75, 3.05) is 36.9 Å². The van der Waals surface area contributed by atoms with E-state index in [4.69, 9.17) is 14.7 Å². The van der Waals surface area contributed by atoms with Gasteiger partial charge in [-0.3, -0.25) is 10.6 Å². The minimum absolute atomic E-state index is 0.113. The Morgan fingerprint density at radius 2 is 1.27 bits per heavy atom. The van der Waals surface area contributed by atoms with Gasteiger partial charge in [-0.15, -0.1) is 0 Å². The van der Waals surface area contributed by atoms with Gasteiger partial charge in [0.1, 0.15) is 0 Å². The maximum Gasteiger partial charge on any atom is 0.411 e. The molecule has 0 aliphatic heterocycles. The number of aliphatic imine (C=N–C) groups is 1. The lowest BCUT2D eigenvalue weighted by Crippen LogP contribution is -2.37. The van der Waals surface area contributed by atoms with Crippen molar-refractivity contribution in [1.29, 1.82) is 5.26 Å². The molecule has 0 unspecified atom stereocenters. The van der Waals surface area contributed by atoms with Gasteiger partial charge in [0.25, 0.3) is 0 Å². The van der Waals surface area contributed by atoms with Gasteiger partial charge in [-0.1, -0.05) is 24.3 Å². The molecule has 2 rings (SSSR count). The van der Waals surface area contributed by atoms with E-state index in [9.17, 15) is 19.2 Å². The third-order valence-electron chi connectivity index (χ3n) is 4.69. The molecule has 0 radical (unpaired) electrons. The van der Waals surface area contributed by atoms with Crippen molar-refractivity contribution in [3.63, 3.8) is 0 Å². The number of amides is 4. The van der Waals surface area contributed by atoms with Crippen molar-refractivity contribution in [3.8, 4) is 6.07 Å². The van der Waals surface area contributed by atoms with Crippen LogP contribution in [0.4, 0.5) is 25.8 Å². The SMILES string of the molecule is N#CCc1ccc(NC(=O)OCCCNC(=O)NCCCOC(=O)Nc2ccc(CN=C=O)cc2)cc1. The quantitative estimate of drug-likeness (QED) is 0.182. The zero-order valence-electron chi connectivity index (χ0n) is 20.1. The van der Waals surface area contributed by atoms with Crippen LogP contribution in [-0.2, 0) is 27.2 Å². The Balaban J connectivity index is 1.46. The molecule has 4 N–H and O–H groups in total. The van der Waals surface area contributed by atoms with E-state index in [0.29, 0.717) is 43.7 Å². The molecule has 12 heteroatoms. The second-order valence-corrected chi connectivity index (χ2v) is 7.55. The number of anilines is 2. The first kappa shape index (κ1) is 28.4. The van der Waals surface area contributed by atoms with Crippen molar-refractivity contribution in [3.05, 3.63) is 59.7 Å². The topological polar surface area (TPSA) is 171 Å². The highest BCUT2D eigenvalue weighted by Crippen LogP contribution is 2.11. The molecule has 0 fully saturated rings. The predicted octanol–water partition coefficient (Wildman–Crippen LogP) is 3.47. The van der Waals surface area contributed by atoms with E-state index in [-0.39, 0.29) is 25.8 Å². The zero-order valence-corrected chi connectivity index (χ0v) is 20.1. The number of nitriles is 1. The summed E-state index contributed by atoms with van der Waals surface area (Å²) < 4.78 is 10.1. The second kappa shape index (κ2) is 16.7. The van der Waals surface area contributed by atoms with Gasteiger partial charge in [-0.25, -0.2) is 24.2 Å². The Kier molecular flexibility index (Phi) is 12.8. The first-order chi connectivity index (χ1) is 18.0. The predicted molar refractivity (Wildman–Crippen MR) is 135 cm³/mol. The van der Waals surface area contributed by atoms with Crippen LogP contribution in [0.2, 0.25) is 0 Å². The largest absolute Gasteiger partial charge is 0.449 e. The van der Waals surface area contributed by atoms with E-state index < -0.39 is 12.2 Å². The number of isocyanates is 1. The molecule has 0 spiro atoms. The third-order valence-corrected chi connectivity index (χ3v) is 4.69. The van der Waals surface area contributed by atoms with Crippen LogP contribution in [0.1, 0.15) is 24.0 Å². The van der Waals surface area contributed by atoms with E-state index in [2.05, 4.69) is 26.3 Å². The van der Waals surface area contributed by atoms with E-state index >= 15 is 0 Å². The molecule has 194 valence electrons. The Morgan fingerprint density at radius 3 is 1.73 bits per heavy atom. The van der Waals surface area contributed by atoms with Crippen LogP contribution in [0.3, 0.4) is 0 Å². The highest BCUT2D eigenvalue weighted by atomic mass is 16.6. The maximum atomic E-state index is 11.8. The second-order valence-electron chi connectivity index (χ2n) is 7.55. The molecule has 0 saturated heterocycles. The van der Waals surface area contributed by atoms with Gasteiger partial charge < -0.3 is 20.1 Å². The monoisotopic (exact) mass is 508 g/mol. The molecule has 4 amide bonds. The number of benzene rings is 2. The molecule has 0 saturated carbocycles. The minimum atomic E-state index is -0.622. The normalized spacial score (nSPS) is 9.70. The molecular weight excluding hydrogens is 480 g/mol. The number of urea groups is 1. The van der Waals surface area contributed by atoms with E-state index in [1.165, 1.54) is 6.08 Å². The van der Waals surface area contributed by atoms with Crippen molar-refractivity contribution in [1.82, 2.24) is 10.6 Å². The van der Waals surface area contributed by atoms with Crippen LogP contribution in [0, 0.1) is 11.3 Å². The van der Waals surface area contributed by atoms with Crippen molar-refractivity contribution in [2.45, 2.75) is 25.8 Å². The van der Waals surface area contributed by atoms with Crippen LogP contribution >= 0.6 is 0 Å². The summed E-state index contributed by atoms with van der Waals surface area (Å²) in [6, 6.07) is 15.3. The highest BCUT2D eigenvalue weighted by molar-refractivity contribution is 5.85. The lowest BCUT2D eigenvalue weighted by Gasteiger charge is -2.10. The van der Waals surface area contributed by atoms with Gasteiger partial charge in [0.2, 0.25) is 6.08 Å². The Labute approximate surface area is 214 Å². The molecule has 0 heterocycles. The van der Waals surface area contributed by atoms with E-state index in [1.807, 2.05) is 6.07 Å². The lowest BCUT2D eigenvalue weighted by molar-refractivity contribution is 0.160. The summed E-state index contributed by atoms with van der Waals surface area (Å²) >= 11 is 0. The van der Waals surface area contributed by atoms with Crippen LogP contribution < -0.4 is 21.3 Å². The van der Waals surface area contributed by atoms with Crippen LogP contribution in [0.25, 0.3) is 0 Å². The highest BCUT2D eigenvalue weighted by Gasteiger charge is 2.06. The fourth-order valence-electron chi connectivity index (χ4n) is 2.86. The number of hydrogen-bond donors (Lipinski definition) is 4. The summed E-state index contributed by atoms with van der Waals surface area (Å²) in [5.74, 6) is 0. The van der Waals surface area contributed by atoms with Gasteiger partial charge in [0.15, 0.2) is 0 Å². The molecule has 0 bridgehead atoms. The maximum absolute atomic E-state index is 11.8. The number of carbonyl (C=O) groups excluding carboxylic acids is 4. The molecular formula is C25H28N6O6. The van der Waals surface area contributed by atoms with E-state index in [0.717, 1.165) is 11.1 Å². The molecule has 0 aliphatic rings. The number of rotatable bonds is 13. The molecule has 2 aromatic carbocycles. The minimum Gasteiger partial charge on any atom is -0.449 e. The molecule has 12 nitrogen and oxygen atoms in total. The first-order valence-corrected chi connectivity index (χ1v) is 11.5. The molecule has 2 aromatic rings. The van der Waals surface area contributed by atoms with Crippen molar-refractivity contribution < 1.29 is 28.7 Å². The lowest BCUT2D eigenvalue weighted by atomic mass is 10.1. The van der Waals surface area contributed by atoms with Gasteiger partial charge in [-0.05, 0) is 48.2 Å². The zero-order chi connectivity index (χ0) is 26.7. The van der Waals surface area contributed by atoms with Crippen LogP contribution in [-0.4, -0.2) is 50.6 Å². The van der Waals surface area contributed by atoms with Gasteiger partial charge in [0.05, 0.1) is 32.2 Å². The fourth-order valence-corrected chi connectivity index (χ4v) is 2.86. The summed E-state index contributed by atoms with van der Waals surface area (Å²) in [5, 5.41) is 19.1. The van der Waals surface area contributed by atoms with Crippen molar-refractivity contribution >= 4 is 35.7 Å². The first-order valence-electron chi connectivity index (χ1n) is 11.5. The van der Waals surface area contributed by atoms with Crippen LogP contribution in [0.5, 0.6) is 0 Å². The number of hydrogen-bond acceptors (Lipinski definition) is 8. The summed E-state index contributed by atoms with van der Waals surface area (Å²) in [6.45, 7) is 1.07. The van der Waals surface area contributed by atoms with Gasteiger partial charge in [0, 0.05) is 24.5 Å². The number of nitrogens with zero attached hydrogens (tertiary/aromatic N) is 2. The summed E-state index contributed by atoms with van der Waals surface area (Å²) in [4.78, 5) is 49.0. The summed E-state index contributed by atoms with van der Waals surface area (Å²) in [6.07, 6.45) is 1.38. The average molecular weight is 509 g/mol. The van der Waals surface area contributed by atoms with Crippen molar-refractivity contribution in [2.24, 2.45) is 4.99 Å². The summed E-state index contributed by atoms with van der Waals surface area (Å²) in [7, 11) is 0. The van der Waals surface area contributed by atoms with E-state index in [1.54, 1.807) is 48.5 Å². The molecule has 0 aromatic heterocycles. The van der Waals surface area contributed by atoms with Crippen LogP contribution in [0.15, 0.2) is 53.5 Å². The third kappa shape index (κ3) is 12.4. The number of carbonyl (C=O) groups is 3. The average Bonchev–Trinajstić information content (AvgIpc) is 2.89. The van der Waals surface area contributed by atoms with Gasteiger partial charge >= 0.3 is 18.2 Å². The Hall–Kier alpha value is -4.88. The number of ether oxygens (including phenoxy) is 2. The van der Waals surface area contributed by atoms with Gasteiger partial charge in [-0.2, -0.15) is 5.26 Å². The Bertz CT molecular complexity index is 1110. The smallest absolute Gasteiger partial charge is 0.411 e. The standard InChI is InChI=1S/C25H28N6O6/c26-12-11-19-3-7-21(8-4-19)30-24(34)36-15-1-13-28-23(33)29-14-2-16-37-25(35)31-22-9-5-20(6-10-22)17-27-18-32/h3-10H,1-2,11,13-17H2,(H,30,34)(H,31,35)(H2,28,29,33). The molecule has 0 atom stereocenters. The number of nitrogens with one attached hydrogen (secondary N) is 4. The summed E-state index contributed by atoms with van der Waals surface area (Å²) in [5.41, 5.74) is 2.75.